The number of anilines is 4. The van der Waals surface area contributed by atoms with Gasteiger partial charge in [-0.25, -0.2) is 31.4 Å². The Bertz CT molecular complexity index is 5020. The van der Waals surface area contributed by atoms with Gasteiger partial charge in [-0.1, -0.05) is 0 Å². The number of aromatic nitrogens is 4. The number of piperazine rings is 4. The van der Waals surface area contributed by atoms with Gasteiger partial charge in [-0.2, -0.15) is 0 Å². The molecule has 0 spiro atoms. The first-order valence-electron chi connectivity index (χ1n) is 37.6. The number of ether oxygens (including phenoxy) is 5. The van der Waals surface area contributed by atoms with Crippen LogP contribution in [-0.4, -0.2) is 246 Å². The molecule has 37 heteroatoms. The number of rotatable bonds is 9. The van der Waals surface area contributed by atoms with Gasteiger partial charge in [0.25, 0.3) is 10.5 Å². The van der Waals surface area contributed by atoms with Crippen LogP contribution in [0.3, 0.4) is 0 Å². The second-order valence-corrected chi connectivity index (χ2v) is 33.4. The minimum atomic E-state index is -1.67. The molecule has 4 aromatic carbocycles. The summed E-state index contributed by atoms with van der Waals surface area (Å²) < 4.78 is 105. The molecule has 0 saturated carbocycles. The van der Waals surface area contributed by atoms with Crippen molar-refractivity contribution in [1.29, 1.82) is 0 Å². The highest BCUT2D eigenvalue weighted by atomic mass is 36.0. The Morgan fingerprint density at radius 3 is 0.861 bits per heavy atom. The van der Waals surface area contributed by atoms with Gasteiger partial charge in [0.15, 0.2) is 46.3 Å². The lowest BCUT2D eigenvalue weighted by Crippen LogP contribution is -2.45. The first kappa shape index (κ1) is 87.1. The zero-order valence-corrected chi connectivity index (χ0v) is 69.5. The fraction of sp³-hybridized carbons (Fsp3) is 0.487. The predicted molar refractivity (Wildman–Crippen MR) is 440 cm³/mol. The van der Waals surface area contributed by atoms with Crippen molar-refractivity contribution in [1.82, 2.24) is 37.9 Å². The molecule has 115 heavy (non-hydrogen) atoms. The molecule has 624 valence electrons. The van der Waals surface area contributed by atoms with Crippen LogP contribution in [0.1, 0.15) is 122 Å². The molecule has 4 saturated heterocycles. The number of likely N-dealkylation sites (N-methyl/N-ethyl adjacent to an activating group) is 4. The van der Waals surface area contributed by atoms with Crippen LogP contribution >= 0.6 is 44.6 Å². The Hall–Kier alpha value is -8.77. The molecule has 12 heterocycles. The van der Waals surface area contributed by atoms with Crippen LogP contribution < -0.4 is 60.3 Å². The molecule has 28 nitrogen and oxygen atoms in total. The summed E-state index contributed by atoms with van der Waals surface area (Å²) in [7, 11) is 15.5. The van der Waals surface area contributed by atoms with E-state index in [2.05, 4.69) is 41.0 Å². The molecule has 0 aliphatic carbocycles. The summed E-state index contributed by atoms with van der Waals surface area (Å²) in [5, 5.41) is 16.1. The topological polar surface area (TPSA) is 286 Å². The quantitative estimate of drug-likeness (QED) is 0.0771. The lowest BCUT2D eigenvalue weighted by molar-refractivity contribution is 0.0374. The van der Waals surface area contributed by atoms with E-state index in [0.29, 0.717) is 140 Å². The second-order valence-electron chi connectivity index (χ2n) is 30.2. The van der Waals surface area contributed by atoms with Gasteiger partial charge in [0, 0.05) is 158 Å². The summed E-state index contributed by atoms with van der Waals surface area (Å²) in [6, 6.07) is 4.32. The number of aromatic carboxylic acids is 1. The molecule has 4 fully saturated rings. The number of aliphatic hydroxyl groups excluding tert-OH is 1. The minimum absolute atomic E-state index is 0. The highest BCUT2D eigenvalue weighted by molar-refractivity contribution is 8.26. The van der Waals surface area contributed by atoms with Gasteiger partial charge in [0.1, 0.15) is 60.3 Å². The Morgan fingerprint density at radius 1 is 0.435 bits per heavy atom. The number of carbonyl (C=O) groups excluding carboxylic acids is 3. The van der Waals surface area contributed by atoms with E-state index in [4.69, 9.17) is 56.2 Å². The zero-order chi connectivity index (χ0) is 83.8. The van der Waals surface area contributed by atoms with Crippen molar-refractivity contribution < 1.29 is 76.3 Å². The lowest BCUT2D eigenvalue weighted by atomic mass is 10.1. The average molecular weight is 1710 g/mol. The fourth-order valence-electron chi connectivity index (χ4n) is 15.0. The third-order valence-electron chi connectivity index (χ3n) is 21.1. The summed E-state index contributed by atoms with van der Waals surface area (Å²) in [4.78, 5) is 115. The molecule has 4 atom stereocenters. The van der Waals surface area contributed by atoms with E-state index in [-0.39, 0.29) is 88.2 Å². The molecule has 0 radical (unpaired) electrons. The standard InChI is InChI=1S/C21H26FN3O4.2C18H19ClFN3O3.C18H20FN3O4.C3H8O.Cl2OS.H2/c1-12(2)29-21(27)15-10-25-13(3)11-28-20-17(25)14(19(15)26)9-16(22)18(20)24-7-5-23(4)6-8-24;2*1-10-9-26-17-14-11(16(24)12(18(19)25)8-23(10)14)7-13(20)15(17)22-5-3-21(2)4-6-22;1-10-9-26-17-14-11(16(23)12(18(24)25)8-22(10)14)7-13(19)15(17)21-5-3-20(2)4-6-21;1-3(2)4;1-4(2)3;/h9-10,12-13H,5-8,11H2,1-4H3;2*7-8,10H,3-6,9H2,1-2H3;7-8,10H,3-6,9H2,1-2H3,(H,24,25);3-4H,1-2H3;;1H/t13-;3*10-;;;/m0000.../s1/i;;;;;;1+1. The molecule has 8 aromatic rings. The number of benzene rings is 4. The molecule has 8 aliphatic heterocycles. The minimum Gasteiger partial charge on any atom is -0.487 e. The normalized spacial score (nSPS) is 19.3. The van der Waals surface area contributed by atoms with Crippen LogP contribution in [0.15, 0.2) is 68.2 Å². The van der Waals surface area contributed by atoms with Crippen LogP contribution in [0.25, 0.3) is 43.6 Å². The maximum absolute atomic E-state index is 15.2. The first-order valence-corrected chi connectivity index (χ1v) is 41.1. The van der Waals surface area contributed by atoms with Gasteiger partial charge in [-0.3, -0.25) is 28.8 Å². The first-order chi connectivity index (χ1) is 54.4. The molecule has 8 aliphatic rings. The van der Waals surface area contributed by atoms with Gasteiger partial charge < -0.3 is 91.4 Å². The van der Waals surface area contributed by atoms with Crippen molar-refractivity contribution in [2.45, 2.75) is 91.8 Å². The van der Waals surface area contributed by atoms with Crippen LogP contribution in [0.2, 0.25) is 0 Å². The van der Waals surface area contributed by atoms with Crippen molar-refractivity contribution >= 4 is 143 Å². The molecular formula is C78H94Cl4F4N12O16S. The molecule has 0 amide bonds. The smallest absolute Gasteiger partial charge is 0.343 e. The number of carboxylic acid groups (broad SMARTS) is 1. The Kier molecular flexibility index (Phi) is 27.6. The number of esters is 1. The molecular weight excluding hydrogens is 1610 g/mol. The number of carboxylic acids is 1. The number of hydrogen-bond acceptors (Lipinski definition) is 23. The summed E-state index contributed by atoms with van der Waals surface area (Å²) in [5.74, 6) is -2.67. The number of aliphatic hydroxyl groups is 1. The van der Waals surface area contributed by atoms with Gasteiger partial charge in [0.2, 0.25) is 30.9 Å². The highest BCUT2D eigenvalue weighted by Gasteiger charge is 2.37. The monoisotopic (exact) mass is 1700 g/mol. The van der Waals surface area contributed by atoms with E-state index in [1.54, 1.807) is 41.4 Å². The second kappa shape index (κ2) is 36.4. The van der Waals surface area contributed by atoms with Gasteiger partial charge in [-0.05, 0) is 131 Å². The molecule has 0 bridgehead atoms. The van der Waals surface area contributed by atoms with Crippen LogP contribution in [0, 0.1) is 23.3 Å². The number of carbonyl (C=O) groups is 4. The van der Waals surface area contributed by atoms with E-state index in [0.717, 1.165) is 58.4 Å². The van der Waals surface area contributed by atoms with E-state index in [1.807, 2.05) is 80.1 Å². The zero-order valence-electron chi connectivity index (χ0n) is 65.6. The van der Waals surface area contributed by atoms with Crippen LogP contribution in [0.5, 0.6) is 23.0 Å². The maximum atomic E-state index is 15.2. The molecule has 4 aromatic heterocycles. The number of halogens is 8. The largest absolute Gasteiger partial charge is 0.487 e. The molecule has 0 unspecified atom stereocenters. The predicted octanol–water partition coefficient (Wildman–Crippen LogP) is 10.1. The maximum Gasteiger partial charge on any atom is 0.343 e. The lowest BCUT2D eigenvalue weighted by Gasteiger charge is -2.37. The van der Waals surface area contributed by atoms with Gasteiger partial charge >= 0.3 is 11.9 Å². The summed E-state index contributed by atoms with van der Waals surface area (Å²) in [6.45, 7) is 27.7. The Labute approximate surface area is 682 Å². The fourth-order valence-corrected chi connectivity index (χ4v) is 15.3. The van der Waals surface area contributed by atoms with Crippen molar-refractivity contribution in [2.24, 2.45) is 0 Å². The van der Waals surface area contributed by atoms with E-state index >= 15 is 13.2 Å². The Balaban J connectivity index is 0.000000158. The summed E-state index contributed by atoms with van der Waals surface area (Å²) >= 11 is 11.1. The summed E-state index contributed by atoms with van der Waals surface area (Å²) in [6.07, 6.45) is 5.27. The highest BCUT2D eigenvalue weighted by Crippen LogP contribution is 2.47. The number of hydrogen-bond donors (Lipinski definition) is 2. The molecule has 16 rings (SSSR count). The van der Waals surface area contributed by atoms with Crippen LogP contribution in [-0.2, 0) is 14.0 Å². The Morgan fingerprint density at radius 2 is 0.643 bits per heavy atom. The number of nitrogens with zero attached hydrogens (tertiary/aromatic N) is 12. The van der Waals surface area contributed by atoms with Crippen LogP contribution in [0.4, 0.5) is 40.3 Å². The average Bonchev–Trinajstić information content (AvgIpc) is 0.750. The van der Waals surface area contributed by atoms with Crippen molar-refractivity contribution in [3.8, 4) is 23.0 Å². The van der Waals surface area contributed by atoms with Gasteiger partial charge in [0.05, 0.1) is 85.0 Å². The third kappa shape index (κ3) is 18.3. The summed E-state index contributed by atoms with van der Waals surface area (Å²) in [5.41, 5.74) is 0.450. The van der Waals surface area contributed by atoms with Gasteiger partial charge in [-0.15, -0.1) is 0 Å². The third-order valence-corrected chi connectivity index (χ3v) is 21.5. The van der Waals surface area contributed by atoms with Crippen molar-refractivity contribution in [2.75, 3.05) is 179 Å². The van der Waals surface area contributed by atoms with Crippen molar-refractivity contribution in [3.05, 3.63) is 135 Å². The van der Waals surface area contributed by atoms with Crippen molar-refractivity contribution in [3.63, 3.8) is 0 Å². The van der Waals surface area contributed by atoms with E-state index < -0.39 is 76.6 Å². The van der Waals surface area contributed by atoms with E-state index in [9.17, 15) is 47.9 Å². The molecule has 2 N–H and O–H groups in total. The SMILES string of the molecule is CC(C)O.CC(C)OC(=O)c1cn2c3c(c(N4CCN(C)CC4)c(F)cc3c1=O)OC[C@@H]2C.C[C@H]1COc2c(N3CCN(C)CC3)c(F)cc3c(=O)c(C(=O)Cl)cn1c23.C[C@H]1COc2c(N3CCN(C)CC3)c(F)cc3c(=O)c(C(=O)Cl)cn1c23.C[C@H]1COc2c(N3CCN(C)CC3)c(F)cc3c(=O)c(C(=O)O)cn1c23.O=S(Cl)Cl.[2HH]. The van der Waals surface area contributed by atoms with E-state index in [1.165, 1.54) is 43.0 Å². The number of pyridine rings is 4.